The zero-order valence-corrected chi connectivity index (χ0v) is 10.7. The number of nitrogens with one attached hydrogen (secondary N) is 1. The van der Waals surface area contributed by atoms with Crippen molar-refractivity contribution in [3.8, 4) is 0 Å². The molecule has 0 heterocycles. The molecule has 94 valence electrons. The van der Waals surface area contributed by atoms with Gasteiger partial charge in [0.05, 0.1) is 0 Å². The Kier molecular flexibility index (Phi) is 7.01. The van der Waals surface area contributed by atoms with E-state index in [2.05, 4.69) is 5.32 Å². The molecule has 0 aromatic rings. The Bertz CT molecular complexity index is 292. The second kappa shape index (κ2) is 7.41. The van der Waals surface area contributed by atoms with Gasteiger partial charge in [0.25, 0.3) is 0 Å². The second-order valence-electron chi connectivity index (χ2n) is 3.42. The van der Waals surface area contributed by atoms with Gasteiger partial charge in [-0.3, -0.25) is 14.2 Å². The molecule has 0 aliphatic carbocycles. The van der Waals surface area contributed by atoms with Gasteiger partial charge < -0.3 is 14.6 Å². The largest absolute Gasteiger partial charge is 0.444 e. The van der Waals surface area contributed by atoms with E-state index in [0.29, 0.717) is 12.6 Å². The van der Waals surface area contributed by atoms with Crippen LogP contribution in [0, 0.1) is 0 Å². The van der Waals surface area contributed by atoms with Crippen molar-refractivity contribution in [2.45, 2.75) is 19.8 Å². The van der Waals surface area contributed by atoms with Crippen LogP contribution in [0.3, 0.4) is 0 Å². The molecule has 7 heteroatoms. The number of amides is 1. The SMILES string of the molecule is COP(C)(=O)CCCC(=O)OCNC(C)=O. The van der Waals surface area contributed by atoms with Crippen molar-refractivity contribution < 1.29 is 23.4 Å². The standard InChI is InChI=1S/C9H18NO5P/c1-8(11)10-7-15-9(12)5-4-6-16(3,13)14-2/h4-7H2,1-3H3,(H,10,11). The molecule has 0 rings (SSSR count). The summed E-state index contributed by atoms with van der Waals surface area (Å²) in [4.78, 5) is 21.5. The molecule has 1 amide bonds. The van der Waals surface area contributed by atoms with Crippen LogP contribution in [0.5, 0.6) is 0 Å². The average molecular weight is 251 g/mol. The predicted octanol–water partition coefficient (Wildman–Crippen LogP) is 0.958. The highest BCUT2D eigenvalue weighted by atomic mass is 31.2. The number of hydrogen-bond acceptors (Lipinski definition) is 5. The van der Waals surface area contributed by atoms with Crippen molar-refractivity contribution in [1.29, 1.82) is 0 Å². The fourth-order valence-electron chi connectivity index (χ4n) is 0.892. The summed E-state index contributed by atoms with van der Waals surface area (Å²) in [6, 6.07) is 0. The van der Waals surface area contributed by atoms with Crippen LogP contribution in [0.25, 0.3) is 0 Å². The maximum absolute atomic E-state index is 11.4. The third kappa shape index (κ3) is 8.44. The van der Waals surface area contributed by atoms with Gasteiger partial charge in [-0.15, -0.1) is 0 Å². The maximum Gasteiger partial charge on any atom is 0.307 e. The highest BCUT2D eigenvalue weighted by Gasteiger charge is 2.14. The predicted molar refractivity (Wildman–Crippen MR) is 59.4 cm³/mol. The lowest BCUT2D eigenvalue weighted by atomic mass is 10.3. The second-order valence-corrected chi connectivity index (χ2v) is 6.26. The Morgan fingerprint density at radius 3 is 2.50 bits per heavy atom. The van der Waals surface area contributed by atoms with E-state index in [1.54, 1.807) is 0 Å². The van der Waals surface area contributed by atoms with Crippen LogP contribution in [0.4, 0.5) is 0 Å². The maximum atomic E-state index is 11.4. The van der Waals surface area contributed by atoms with E-state index in [1.807, 2.05) is 0 Å². The van der Waals surface area contributed by atoms with Gasteiger partial charge in [0.2, 0.25) is 5.91 Å². The number of ether oxygens (including phenoxy) is 1. The minimum Gasteiger partial charge on any atom is -0.444 e. The molecule has 1 N–H and O–H groups in total. The monoisotopic (exact) mass is 251 g/mol. The molecule has 0 aliphatic rings. The Hall–Kier alpha value is -0.870. The third-order valence-electron chi connectivity index (χ3n) is 1.89. The fourth-order valence-corrected chi connectivity index (χ4v) is 1.81. The number of hydrogen-bond donors (Lipinski definition) is 1. The van der Waals surface area contributed by atoms with Crippen molar-refractivity contribution >= 4 is 19.2 Å². The molecule has 0 aromatic heterocycles. The molecule has 0 fully saturated rings. The van der Waals surface area contributed by atoms with Crippen LogP contribution >= 0.6 is 7.37 Å². The van der Waals surface area contributed by atoms with Gasteiger partial charge >= 0.3 is 5.97 Å². The number of carbonyl (C=O) groups is 2. The number of carbonyl (C=O) groups excluding carboxylic acids is 2. The Labute approximate surface area is 95.1 Å². The van der Waals surface area contributed by atoms with E-state index < -0.39 is 13.3 Å². The molecule has 0 aliphatic heterocycles. The van der Waals surface area contributed by atoms with Crippen LogP contribution in [0.2, 0.25) is 0 Å². The first-order valence-corrected chi connectivity index (χ1v) is 7.15. The minimum absolute atomic E-state index is 0.123. The highest BCUT2D eigenvalue weighted by Crippen LogP contribution is 2.41. The first-order valence-electron chi connectivity index (χ1n) is 4.89. The van der Waals surface area contributed by atoms with Gasteiger partial charge in [-0.2, -0.15) is 0 Å². The van der Waals surface area contributed by atoms with E-state index in [9.17, 15) is 14.2 Å². The van der Waals surface area contributed by atoms with E-state index in [4.69, 9.17) is 9.26 Å². The van der Waals surface area contributed by atoms with E-state index >= 15 is 0 Å². The lowest BCUT2D eigenvalue weighted by molar-refractivity contribution is -0.145. The summed E-state index contributed by atoms with van der Waals surface area (Å²) in [5.74, 6) is -0.685. The highest BCUT2D eigenvalue weighted by molar-refractivity contribution is 7.58. The molecule has 1 atom stereocenters. The van der Waals surface area contributed by atoms with E-state index in [1.165, 1.54) is 20.7 Å². The molecule has 0 bridgehead atoms. The molecule has 0 radical (unpaired) electrons. The molecule has 0 saturated carbocycles. The van der Waals surface area contributed by atoms with Crippen LogP contribution in [0.1, 0.15) is 19.8 Å². The van der Waals surface area contributed by atoms with Gasteiger partial charge in [0.15, 0.2) is 14.1 Å². The summed E-state index contributed by atoms with van der Waals surface area (Å²) >= 11 is 0. The zero-order valence-electron chi connectivity index (χ0n) is 9.82. The molecular weight excluding hydrogens is 233 g/mol. The fraction of sp³-hybridized carbons (Fsp3) is 0.778. The van der Waals surface area contributed by atoms with Crippen molar-refractivity contribution in [2.75, 3.05) is 26.7 Å². The van der Waals surface area contributed by atoms with Gasteiger partial charge in [-0.05, 0) is 6.42 Å². The molecule has 0 saturated heterocycles. The summed E-state index contributed by atoms with van der Waals surface area (Å²) in [7, 11) is -1.16. The molecule has 6 nitrogen and oxygen atoms in total. The van der Waals surface area contributed by atoms with Gasteiger partial charge in [-0.1, -0.05) is 0 Å². The van der Waals surface area contributed by atoms with Crippen LogP contribution < -0.4 is 5.32 Å². The Morgan fingerprint density at radius 2 is 2.00 bits per heavy atom. The van der Waals surface area contributed by atoms with E-state index in [0.717, 1.165) is 0 Å². The van der Waals surface area contributed by atoms with E-state index in [-0.39, 0.29) is 19.1 Å². The molecule has 0 aromatic carbocycles. The lowest BCUT2D eigenvalue weighted by Crippen LogP contribution is -2.25. The molecule has 1 unspecified atom stereocenters. The number of esters is 1. The molecular formula is C9H18NO5P. The lowest BCUT2D eigenvalue weighted by Gasteiger charge is -2.09. The van der Waals surface area contributed by atoms with Gasteiger partial charge in [-0.25, -0.2) is 0 Å². The normalized spacial score (nSPS) is 13.9. The summed E-state index contributed by atoms with van der Waals surface area (Å²) < 4.78 is 20.9. The summed E-state index contributed by atoms with van der Waals surface area (Å²) in [6.45, 7) is 2.73. The summed E-state index contributed by atoms with van der Waals surface area (Å²) in [6.07, 6.45) is 0.958. The van der Waals surface area contributed by atoms with Gasteiger partial charge in [0, 0.05) is 33.3 Å². The quantitative estimate of drug-likeness (QED) is 0.414. The Morgan fingerprint density at radius 1 is 1.38 bits per heavy atom. The average Bonchev–Trinajstić information content (AvgIpc) is 2.17. The van der Waals surface area contributed by atoms with Crippen LogP contribution in [-0.2, 0) is 23.4 Å². The van der Waals surface area contributed by atoms with Crippen LogP contribution in [-0.4, -0.2) is 38.5 Å². The molecule has 0 spiro atoms. The smallest absolute Gasteiger partial charge is 0.307 e. The zero-order chi connectivity index (χ0) is 12.6. The van der Waals surface area contributed by atoms with Crippen molar-refractivity contribution in [3.63, 3.8) is 0 Å². The summed E-state index contributed by atoms with van der Waals surface area (Å²) in [5.41, 5.74) is 0. The third-order valence-corrected chi connectivity index (χ3v) is 3.79. The number of rotatable bonds is 7. The first-order chi connectivity index (χ1) is 7.37. The van der Waals surface area contributed by atoms with Crippen molar-refractivity contribution in [2.24, 2.45) is 0 Å². The first kappa shape index (κ1) is 15.1. The Balaban J connectivity index is 3.59. The van der Waals surface area contributed by atoms with Gasteiger partial charge in [0.1, 0.15) is 0 Å². The van der Waals surface area contributed by atoms with Crippen molar-refractivity contribution in [1.82, 2.24) is 5.32 Å². The topological polar surface area (TPSA) is 81.7 Å². The molecule has 16 heavy (non-hydrogen) atoms. The van der Waals surface area contributed by atoms with Crippen LogP contribution in [0.15, 0.2) is 0 Å². The van der Waals surface area contributed by atoms with Crippen molar-refractivity contribution in [3.05, 3.63) is 0 Å². The summed E-state index contributed by atoms with van der Waals surface area (Å²) in [5, 5.41) is 2.33. The minimum atomic E-state index is -2.55.